The van der Waals surface area contributed by atoms with Gasteiger partial charge in [0.05, 0.1) is 0 Å². The van der Waals surface area contributed by atoms with Crippen molar-refractivity contribution < 1.29 is 0 Å². The fourth-order valence-corrected chi connectivity index (χ4v) is 2.27. The van der Waals surface area contributed by atoms with Crippen LogP contribution in [0.4, 0.5) is 0 Å². The first-order valence-electron chi connectivity index (χ1n) is 6.09. The lowest BCUT2D eigenvalue weighted by atomic mass is 9.99. The molecule has 2 unspecified atom stereocenters. The molecule has 2 atom stereocenters. The topological polar surface area (TPSA) is 57.1 Å². The number of nitrogens with zero attached hydrogens (tertiary/aromatic N) is 1. The smallest absolute Gasteiger partial charge is 0.0486 e. The van der Waals surface area contributed by atoms with E-state index in [-0.39, 0.29) is 6.04 Å². The van der Waals surface area contributed by atoms with Gasteiger partial charge in [-0.25, -0.2) is 0 Å². The Hall–Kier alpha value is -0.840. The van der Waals surface area contributed by atoms with Gasteiger partial charge in [0.1, 0.15) is 0 Å². The predicted molar refractivity (Wildman–Crippen MR) is 66.2 cm³/mol. The van der Waals surface area contributed by atoms with Gasteiger partial charge in [-0.3, -0.25) is 0 Å². The van der Waals surface area contributed by atoms with Crippen LogP contribution in [-0.4, -0.2) is 42.6 Å². The molecule has 4 nitrogen and oxygen atoms in total. The molecule has 0 saturated carbocycles. The summed E-state index contributed by atoms with van der Waals surface area (Å²) >= 11 is 0. The minimum Gasteiger partial charge on any atom is -0.364 e. The van der Waals surface area contributed by atoms with Crippen LogP contribution in [0, 0.1) is 5.92 Å². The number of hydrogen-bond acceptors (Lipinski definition) is 3. The fraction of sp³-hybridized carbons (Fsp3) is 0.667. The van der Waals surface area contributed by atoms with Crippen LogP contribution in [0.15, 0.2) is 18.3 Å². The summed E-state index contributed by atoms with van der Waals surface area (Å²) in [7, 11) is 0. The highest BCUT2D eigenvalue weighted by atomic mass is 15.2. The predicted octanol–water partition coefficient (Wildman–Crippen LogP) is 0.556. The first-order valence-corrected chi connectivity index (χ1v) is 6.09. The van der Waals surface area contributed by atoms with E-state index in [1.54, 1.807) is 0 Å². The monoisotopic (exact) mass is 222 g/mol. The van der Waals surface area contributed by atoms with Crippen LogP contribution in [0.2, 0.25) is 0 Å². The molecular weight excluding hydrogens is 200 g/mol. The van der Waals surface area contributed by atoms with Gasteiger partial charge in [0.25, 0.3) is 0 Å². The molecule has 2 rings (SSSR count). The maximum Gasteiger partial charge on any atom is 0.0486 e. The van der Waals surface area contributed by atoms with Gasteiger partial charge in [-0.15, -0.1) is 0 Å². The van der Waals surface area contributed by atoms with E-state index in [9.17, 15) is 0 Å². The number of nitrogens with two attached hydrogens (primary N) is 1. The minimum absolute atomic E-state index is 0.116. The molecule has 4 N–H and O–H groups in total. The van der Waals surface area contributed by atoms with Gasteiger partial charge in [0.2, 0.25) is 0 Å². The maximum atomic E-state index is 6.23. The second kappa shape index (κ2) is 5.48. The Kier molecular flexibility index (Phi) is 3.98. The molecule has 2 heterocycles. The van der Waals surface area contributed by atoms with Crippen LogP contribution >= 0.6 is 0 Å². The van der Waals surface area contributed by atoms with Crippen molar-refractivity contribution in [2.24, 2.45) is 11.7 Å². The Morgan fingerprint density at radius 3 is 2.81 bits per heavy atom. The molecule has 1 aromatic heterocycles. The van der Waals surface area contributed by atoms with E-state index in [4.69, 9.17) is 5.73 Å². The van der Waals surface area contributed by atoms with Crippen molar-refractivity contribution in [3.8, 4) is 0 Å². The molecule has 1 aliphatic heterocycles. The zero-order chi connectivity index (χ0) is 11.4. The lowest BCUT2D eigenvalue weighted by Gasteiger charge is -2.31. The molecule has 1 saturated heterocycles. The van der Waals surface area contributed by atoms with Crippen molar-refractivity contribution in [2.75, 3.05) is 32.7 Å². The van der Waals surface area contributed by atoms with Crippen LogP contribution in [0.25, 0.3) is 0 Å². The molecule has 0 radical (unpaired) electrons. The molecule has 0 aliphatic carbocycles. The SMILES string of the molecule is CC(CN1CCNCC1)C(N)c1ccc[nH]1. The number of H-pyrrole nitrogens is 1. The van der Waals surface area contributed by atoms with Gasteiger partial charge in [0.15, 0.2) is 0 Å². The summed E-state index contributed by atoms with van der Waals surface area (Å²) in [5.74, 6) is 0.483. The number of nitrogens with one attached hydrogen (secondary N) is 2. The van der Waals surface area contributed by atoms with Crippen LogP contribution in [0.1, 0.15) is 18.7 Å². The molecule has 1 fully saturated rings. The third-order valence-electron chi connectivity index (χ3n) is 3.35. The number of aromatic nitrogens is 1. The molecule has 0 aromatic carbocycles. The summed E-state index contributed by atoms with van der Waals surface area (Å²) in [5, 5.41) is 3.37. The van der Waals surface area contributed by atoms with E-state index < -0.39 is 0 Å². The Morgan fingerprint density at radius 2 is 2.19 bits per heavy atom. The highest BCUT2D eigenvalue weighted by Gasteiger charge is 2.19. The second-order valence-corrected chi connectivity index (χ2v) is 4.68. The third kappa shape index (κ3) is 2.84. The van der Waals surface area contributed by atoms with Crippen molar-refractivity contribution in [3.05, 3.63) is 24.0 Å². The Morgan fingerprint density at radius 1 is 1.44 bits per heavy atom. The van der Waals surface area contributed by atoms with E-state index >= 15 is 0 Å². The number of piperazine rings is 1. The van der Waals surface area contributed by atoms with E-state index in [0.717, 1.165) is 38.4 Å². The lowest BCUT2D eigenvalue weighted by molar-refractivity contribution is 0.199. The van der Waals surface area contributed by atoms with Gasteiger partial charge in [0, 0.05) is 50.7 Å². The fourth-order valence-electron chi connectivity index (χ4n) is 2.27. The normalized spacial score (nSPS) is 21.9. The number of rotatable bonds is 4. The second-order valence-electron chi connectivity index (χ2n) is 4.68. The lowest BCUT2D eigenvalue weighted by Crippen LogP contribution is -2.46. The van der Waals surface area contributed by atoms with E-state index in [1.807, 2.05) is 12.3 Å². The molecule has 1 aromatic rings. The molecule has 16 heavy (non-hydrogen) atoms. The largest absolute Gasteiger partial charge is 0.364 e. The van der Waals surface area contributed by atoms with E-state index in [1.165, 1.54) is 0 Å². The molecule has 0 bridgehead atoms. The maximum absolute atomic E-state index is 6.23. The first kappa shape index (κ1) is 11.6. The van der Waals surface area contributed by atoms with Crippen molar-refractivity contribution in [1.29, 1.82) is 0 Å². The van der Waals surface area contributed by atoms with Gasteiger partial charge < -0.3 is 20.9 Å². The van der Waals surface area contributed by atoms with Crippen molar-refractivity contribution in [2.45, 2.75) is 13.0 Å². The summed E-state index contributed by atoms with van der Waals surface area (Å²) in [6.45, 7) is 7.80. The summed E-state index contributed by atoms with van der Waals surface area (Å²) in [6.07, 6.45) is 1.94. The summed E-state index contributed by atoms with van der Waals surface area (Å²) < 4.78 is 0. The van der Waals surface area contributed by atoms with Crippen molar-refractivity contribution >= 4 is 0 Å². The van der Waals surface area contributed by atoms with E-state index in [0.29, 0.717) is 5.92 Å². The van der Waals surface area contributed by atoms with Crippen LogP contribution < -0.4 is 11.1 Å². The number of hydrogen-bond donors (Lipinski definition) is 3. The Bertz CT molecular complexity index is 290. The molecule has 1 aliphatic rings. The van der Waals surface area contributed by atoms with Crippen LogP contribution in [0.3, 0.4) is 0 Å². The summed E-state index contributed by atoms with van der Waals surface area (Å²) in [4.78, 5) is 5.69. The Balaban J connectivity index is 1.84. The van der Waals surface area contributed by atoms with Gasteiger partial charge in [-0.2, -0.15) is 0 Å². The average molecular weight is 222 g/mol. The quantitative estimate of drug-likeness (QED) is 0.697. The standard InChI is InChI=1S/C12H22N4/c1-10(9-16-7-5-14-6-8-16)12(13)11-3-2-4-15-11/h2-4,10,12,14-15H,5-9,13H2,1H3. The molecule has 0 spiro atoms. The van der Waals surface area contributed by atoms with Crippen LogP contribution in [0.5, 0.6) is 0 Å². The van der Waals surface area contributed by atoms with Gasteiger partial charge in [-0.1, -0.05) is 6.92 Å². The molecule has 0 amide bonds. The Labute approximate surface area is 97.2 Å². The average Bonchev–Trinajstić information content (AvgIpc) is 2.83. The highest BCUT2D eigenvalue weighted by molar-refractivity contribution is 5.09. The zero-order valence-corrected chi connectivity index (χ0v) is 9.95. The number of aromatic amines is 1. The summed E-state index contributed by atoms with van der Waals surface area (Å²) in [6, 6.07) is 4.19. The molecule has 4 heteroatoms. The third-order valence-corrected chi connectivity index (χ3v) is 3.35. The zero-order valence-electron chi connectivity index (χ0n) is 9.95. The van der Waals surface area contributed by atoms with Gasteiger partial charge >= 0.3 is 0 Å². The summed E-state index contributed by atoms with van der Waals surface area (Å²) in [5.41, 5.74) is 7.37. The minimum atomic E-state index is 0.116. The van der Waals surface area contributed by atoms with Crippen LogP contribution in [-0.2, 0) is 0 Å². The molecular formula is C12H22N4. The highest BCUT2D eigenvalue weighted by Crippen LogP contribution is 2.18. The van der Waals surface area contributed by atoms with Crippen molar-refractivity contribution in [3.63, 3.8) is 0 Å². The molecule has 90 valence electrons. The first-order chi connectivity index (χ1) is 7.77. The van der Waals surface area contributed by atoms with E-state index in [2.05, 4.69) is 28.2 Å². The van der Waals surface area contributed by atoms with Crippen molar-refractivity contribution in [1.82, 2.24) is 15.2 Å². The van der Waals surface area contributed by atoms with Gasteiger partial charge in [-0.05, 0) is 18.1 Å².